The Morgan fingerprint density at radius 2 is 1.83 bits per heavy atom. The molecule has 0 unspecified atom stereocenters. The van der Waals surface area contributed by atoms with Gasteiger partial charge in [-0.3, -0.25) is 14.7 Å². The highest BCUT2D eigenvalue weighted by atomic mass is 19.1. The molecule has 1 amide bonds. The number of rotatable bonds is 5. The van der Waals surface area contributed by atoms with Crippen molar-refractivity contribution in [2.45, 2.75) is 44.6 Å². The molecule has 154 valence electrons. The maximum atomic E-state index is 13.1. The average molecular weight is 396 g/mol. The molecule has 2 aliphatic heterocycles. The smallest absolute Gasteiger partial charge is 0.272 e. The molecule has 4 nitrogen and oxygen atoms in total. The van der Waals surface area contributed by atoms with Gasteiger partial charge in [-0.15, -0.1) is 0 Å². The summed E-state index contributed by atoms with van der Waals surface area (Å²) in [6.07, 6.45) is 8.50. The number of benzene rings is 1. The van der Waals surface area contributed by atoms with Crippen LogP contribution in [0.3, 0.4) is 0 Å². The SMILES string of the molecule is O=C(c1ccccn1)N1CCC(N2CCC[C@@H](CCc3ccc(F)cc3)C2)CC1. The van der Waals surface area contributed by atoms with Crippen LogP contribution in [-0.2, 0) is 6.42 Å². The molecule has 0 N–H and O–H groups in total. The predicted molar refractivity (Wildman–Crippen MR) is 112 cm³/mol. The maximum absolute atomic E-state index is 13.1. The first-order valence-electron chi connectivity index (χ1n) is 10.9. The molecule has 1 aromatic heterocycles. The van der Waals surface area contributed by atoms with E-state index in [1.807, 2.05) is 29.2 Å². The van der Waals surface area contributed by atoms with Gasteiger partial charge >= 0.3 is 0 Å². The number of hydrogen-bond donors (Lipinski definition) is 0. The quantitative estimate of drug-likeness (QED) is 0.762. The highest BCUT2D eigenvalue weighted by molar-refractivity contribution is 5.92. The molecule has 29 heavy (non-hydrogen) atoms. The molecule has 1 atom stereocenters. The van der Waals surface area contributed by atoms with E-state index in [1.165, 1.54) is 31.4 Å². The average Bonchev–Trinajstić information content (AvgIpc) is 2.79. The number of likely N-dealkylation sites (tertiary alicyclic amines) is 2. The summed E-state index contributed by atoms with van der Waals surface area (Å²) in [6.45, 7) is 3.96. The zero-order valence-corrected chi connectivity index (χ0v) is 17.0. The number of carbonyl (C=O) groups is 1. The Balaban J connectivity index is 1.25. The summed E-state index contributed by atoms with van der Waals surface area (Å²) in [5, 5.41) is 0. The number of hydrogen-bond acceptors (Lipinski definition) is 3. The minimum absolute atomic E-state index is 0.0554. The fourth-order valence-corrected chi connectivity index (χ4v) is 4.77. The molecule has 2 aliphatic rings. The Kier molecular flexibility index (Phi) is 6.55. The summed E-state index contributed by atoms with van der Waals surface area (Å²) in [5.74, 6) is 0.604. The van der Waals surface area contributed by atoms with Crippen molar-refractivity contribution in [2.24, 2.45) is 5.92 Å². The second kappa shape index (κ2) is 9.49. The molecular formula is C24H30FN3O. The standard InChI is InChI=1S/C24H30FN3O/c25-21-10-8-19(9-11-21)6-7-20-4-3-15-28(18-20)22-12-16-27(17-13-22)24(29)23-5-1-2-14-26-23/h1-2,5,8-11,14,20,22H,3-4,6-7,12-13,15-18H2/t20-/m0/s1. The second-order valence-corrected chi connectivity index (χ2v) is 8.41. The van der Waals surface area contributed by atoms with Gasteiger partial charge in [0.25, 0.3) is 5.91 Å². The maximum Gasteiger partial charge on any atom is 0.272 e. The summed E-state index contributed by atoms with van der Waals surface area (Å²) >= 11 is 0. The van der Waals surface area contributed by atoms with Gasteiger partial charge in [-0.25, -0.2) is 4.39 Å². The zero-order chi connectivity index (χ0) is 20.1. The normalized spacial score (nSPS) is 21.3. The summed E-state index contributed by atoms with van der Waals surface area (Å²) in [6, 6.07) is 13.0. The zero-order valence-electron chi connectivity index (χ0n) is 17.0. The Bertz CT molecular complexity index is 788. The molecule has 3 heterocycles. The van der Waals surface area contributed by atoms with E-state index in [2.05, 4.69) is 9.88 Å². The third kappa shape index (κ3) is 5.21. The van der Waals surface area contributed by atoms with Gasteiger partial charge in [0.1, 0.15) is 11.5 Å². The first-order chi connectivity index (χ1) is 14.2. The van der Waals surface area contributed by atoms with Crippen molar-refractivity contribution in [3.05, 3.63) is 65.7 Å². The molecule has 0 radical (unpaired) electrons. The van der Waals surface area contributed by atoms with Gasteiger partial charge in [-0.1, -0.05) is 18.2 Å². The van der Waals surface area contributed by atoms with E-state index in [4.69, 9.17) is 0 Å². The van der Waals surface area contributed by atoms with Crippen molar-refractivity contribution < 1.29 is 9.18 Å². The van der Waals surface area contributed by atoms with Crippen LogP contribution in [0.5, 0.6) is 0 Å². The Morgan fingerprint density at radius 1 is 1.03 bits per heavy atom. The third-order valence-corrected chi connectivity index (χ3v) is 6.46. The highest BCUT2D eigenvalue weighted by Gasteiger charge is 2.30. The van der Waals surface area contributed by atoms with Crippen LogP contribution < -0.4 is 0 Å². The number of amides is 1. The van der Waals surface area contributed by atoms with E-state index >= 15 is 0 Å². The first-order valence-corrected chi connectivity index (χ1v) is 10.9. The summed E-state index contributed by atoms with van der Waals surface area (Å²) in [5.41, 5.74) is 1.77. The largest absolute Gasteiger partial charge is 0.337 e. The van der Waals surface area contributed by atoms with E-state index in [0.717, 1.165) is 38.9 Å². The van der Waals surface area contributed by atoms with Crippen molar-refractivity contribution in [3.8, 4) is 0 Å². The first kappa shape index (κ1) is 20.0. The molecule has 0 aliphatic carbocycles. The Hall–Kier alpha value is -2.27. The molecule has 2 fully saturated rings. The lowest BCUT2D eigenvalue weighted by molar-refractivity contribution is 0.0518. The van der Waals surface area contributed by atoms with Gasteiger partial charge in [0.15, 0.2) is 0 Å². The number of carbonyl (C=O) groups excluding carboxylic acids is 1. The topological polar surface area (TPSA) is 36.4 Å². The fraction of sp³-hybridized carbons (Fsp3) is 0.500. The van der Waals surface area contributed by atoms with Gasteiger partial charge in [0.2, 0.25) is 0 Å². The minimum atomic E-state index is -0.162. The molecule has 2 aromatic rings. The fourth-order valence-electron chi connectivity index (χ4n) is 4.77. The number of pyridine rings is 1. The lowest BCUT2D eigenvalue weighted by Crippen LogP contribution is -2.49. The van der Waals surface area contributed by atoms with Crippen molar-refractivity contribution >= 4 is 5.91 Å². The van der Waals surface area contributed by atoms with Crippen LogP contribution in [-0.4, -0.2) is 52.9 Å². The van der Waals surface area contributed by atoms with Crippen molar-refractivity contribution in [1.29, 1.82) is 0 Å². The van der Waals surface area contributed by atoms with E-state index in [0.29, 0.717) is 17.7 Å². The lowest BCUT2D eigenvalue weighted by atomic mass is 9.89. The Labute approximate surface area is 172 Å². The van der Waals surface area contributed by atoms with Gasteiger partial charge in [0, 0.05) is 31.9 Å². The molecule has 0 spiro atoms. The van der Waals surface area contributed by atoms with Crippen LogP contribution in [0.2, 0.25) is 0 Å². The molecule has 2 saturated heterocycles. The van der Waals surface area contributed by atoms with Crippen molar-refractivity contribution in [1.82, 2.24) is 14.8 Å². The Morgan fingerprint density at radius 3 is 2.55 bits per heavy atom. The molecule has 4 rings (SSSR count). The predicted octanol–water partition coefficient (Wildman–Crippen LogP) is 4.17. The highest BCUT2D eigenvalue weighted by Crippen LogP contribution is 2.27. The van der Waals surface area contributed by atoms with Crippen LogP contribution in [0, 0.1) is 11.7 Å². The van der Waals surface area contributed by atoms with Crippen molar-refractivity contribution in [3.63, 3.8) is 0 Å². The van der Waals surface area contributed by atoms with Crippen LogP contribution in [0.25, 0.3) is 0 Å². The van der Waals surface area contributed by atoms with Crippen molar-refractivity contribution in [2.75, 3.05) is 26.2 Å². The minimum Gasteiger partial charge on any atom is -0.337 e. The summed E-state index contributed by atoms with van der Waals surface area (Å²) < 4.78 is 13.1. The lowest BCUT2D eigenvalue weighted by Gasteiger charge is -2.42. The number of halogens is 1. The monoisotopic (exact) mass is 395 g/mol. The number of nitrogens with zero attached hydrogens (tertiary/aromatic N) is 3. The molecule has 0 saturated carbocycles. The number of aromatic nitrogens is 1. The van der Waals surface area contributed by atoms with Gasteiger partial charge in [-0.2, -0.15) is 0 Å². The second-order valence-electron chi connectivity index (χ2n) is 8.41. The third-order valence-electron chi connectivity index (χ3n) is 6.46. The van der Waals surface area contributed by atoms with E-state index in [1.54, 1.807) is 24.4 Å². The van der Waals surface area contributed by atoms with Gasteiger partial charge < -0.3 is 4.90 Å². The van der Waals surface area contributed by atoms with Crippen LogP contribution in [0.15, 0.2) is 48.7 Å². The molecule has 0 bridgehead atoms. The molecular weight excluding hydrogens is 365 g/mol. The van der Waals surface area contributed by atoms with Crippen LogP contribution >= 0.6 is 0 Å². The molecule has 5 heteroatoms. The molecule has 1 aromatic carbocycles. The van der Waals surface area contributed by atoms with E-state index in [-0.39, 0.29) is 11.7 Å². The van der Waals surface area contributed by atoms with Gasteiger partial charge in [-0.05, 0) is 80.8 Å². The van der Waals surface area contributed by atoms with Gasteiger partial charge in [0.05, 0.1) is 0 Å². The van der Waals surface area contributed by atoms with Crippen LogP contribution in [0.1, 0.15) is 48.2 Å². The summed E-state index contributed by atoms with van der Waals surface area (Å²) in [7, 11) is 0. The number of aryl methyl sites for hydroxylation is 1. The van der Waals surface area contributed by atoms with E-state index in [9.17, 15) is 9.18 Å². The van der Waals surface area contributed by atoms with Crippen LogP contribution in [0.4, 0.5) is 4.39 Å². The summed E-state index contributed by atoms with van der Waals surface area (Å²) in [4.78, 5) is 21.4. The number of piperidine rings is 2. The van der Waals surface area contributed by atoms with E-state index < -0.39 is 0 Å².